The highest BCUT2D eigenvalue weighted by Crippen LogP contribution is 2.24. The Morgan fingerprint density at radius 3 is 2.79 bits per heavy atom. The van der Waals surface area contributed by atoms with Crippen molar-refractivity contribution in [1.82, 2.24) is 5.32 Å². The molecule has 1 atom stereocenters. The maximum atomic E-state index is 12.0. The maximum absolute atomic E-state index is 12.0. The molecule has 2 rings (SSSR count). The van der Waals surface area contributed by atoms with Crippen molar-refractivity contribution in [3.05, 3.63) is 28.8 Å². The normalized spacial score (nSPS) is 18.9. The summed E-state index contributed by atoms with van der Waals surface area (Å²) in [5.74, 6) is -1.37. The lowest BCUT2D eigenvalue weighted by Gasteiger charge is -2.23. The summed E-state index contributed by atoms with van der Waals surface area (Å²) in [6, 6.07) is 4.36. The van der Waals surface area contributed by atoms with Gasteiger partial charge in [0.2, 0.25) is 5.91 Å². The number of piperidine rings is 1. The molecular formula is C13H15ClN2O3. The molecule has 1 aliphatic heterocycles. The summed E-state index contributed by atoms with van der Waals surface area (Å²) >= 11 is 5.85. The molecule has 0 saturated carbocycles. The minimum atomic E-state index is -1.16. The predicted molar refractivity (Wildman–Crippen MR) is 72.7 cm³/mol. The first-order chi connectivity index (χ1) is 9.09. The summed E-state index contributed by atoms with van der Waals surface area (Å²) in [4.78, 5) is 23.2. The molecule has 5 nitrogen and oxygen atoms in total. The Kier molecular flexibility index (Phi) is 4.39. The number of carboxylic acid groups (broad SMARTS) is 1. The lowest BCUT2D eigenvalue weighted by molar-refractivity contribution is -0.118. The van der Waals surface area contributed by atoms with Gasteiger partial charge in [-0.25, -0.2) is 4.79 Å². The minimum Gasteiger partial charge on any atom is -0.478 e. The van der Waals surface area contributed by atoms with Crippen LogP contribution in [-0.4, -0.2) is 29.6 Å². The van der Waals surface area contributed by atoms with Crippen LogP contribution in [-0.2, 0) is 4.79 Å². The Morgan fingerprint density at radius 1 is 1.37 bits per heavy atom. The van der Waals surface area contributed by atoms with E-state index in [1.165, 1.54) is 12.1 Å². The number of carbonyl (C=O) groups is 2. The number of benzene rings is 1. The maximum Gasteiger partial charge on any atom is 0.339 e. The summed E-state index contributed by atoms with van der Waals surface area (Å²) in [7, 11) is 0. The molecule has 102 valence electrons. The summed E-state index contributed by atoms with van der Waals surface area (Å²) in [6.45, 7) is 0.805. The third-order valence-electron chi connectivity index (χ3n) is 3.11. The SMILES string of the molecule is O=C(O)c1c(Cl)cccc1NC(=O)[C@H]1CCCCN1. The zero-order valence-corrected chi connectivity index (χ0v) is 11.0. The van der Waals surface area contributed by atoms with Gasteiger partial charge < -0.3 is 15.7 Å². The molecule has 0 spiro atoms. The Hall–Kier alpha value is -1.59. The van der Waals surface area contributed by atoms with Crippen LogP contribution < -0.4 is 10.6 Å². The second-order valence-corrected chi connectivity index (χ2v) is 4.87. The zero-order valence-electron chi connectivity index (χ0n) is 10.3. The average molecular weight is 283 g/mol. The van der Waals surface area contributed by atoms with Crippen molar-refractivity contribution in [3.63, 3.8) is 0 Å². The predicted octanol–water partition coefficient (Wildman–Crippen LogP) is 2.12. The number of carbonyl (C=O) groups excluding carboxylic acids is 1. The van der Waals surface area contributed by atoms with Gasteiger partial charge in [0.15, 0.2) is 0 Å². The molecule has 3 N–H and O–H groups in total. The highest BCUT2D eigenvalue weighted by Gasteiger charge is 2.23. The van der Waals surface area contributed by atoms with Gasteiger partial charge in [-0.1, -0.05) is 24.1 Å². The molecule has 6 heteroatoms. The van der Waals surface area contributed by atoms with Gasteiger partial charge >= 0.3 is 5.97 Å². The topological polar surface area (TPSA) is 78.4 Å². The first-order valence-electron chi connectivity index (χ1n) is 6.15. The monoisotopic (exact) mass is 282 g/mol. The quantitative estimate of drug-likeness (QED) is 0.793. The highest BCUT2D eigenvalue weighted by molar-refractivity contribution is 6.34. The molecule has 1 fully saturated rings. The fourth-order valence-corrected chi connectivity index (χ4v) is 2.40. The molecule has 0 aromatic heterocycles. The largest absolute Gasteiger partial charge is 0.478 e. The Balaban J connectivity index is 2.16. The Labute approximate surface area is 116 Å². The van der Waals surface area contributed by atoms with Crippen molar-refractivity contribution < 1.29 is 14.7 Å². The number of halogens is 1. The van der Waals surface area contributed by atoms with E-state index in [0.29, 0.717) is 0 Å². The molecule has 1 aromatic carbocycles. The Bertz CT molecular complexity index is 499. The molecular weight excluding hydrogens is 268 g/mol. The number of aromatic carboxylic acids is 1. The van der Waals surface area contributed by atoms with E-state index in [1.807, 2.05) is 0 Å². The summed E-state index contributed by atoms with van der Waals surface area (Å²) in [5, 5.41) is 15.0. The van der Waals surface area contributed by atoms with Crippen LogP contribution in [0.5, 0.6) is 0 Å². The van der Waals surface area contributed by atoms with Gasteiger partial charge in [0.1, 0.15) is 5.56 Å². The standard InChI is InChI=1S/C13H15ClN2O3/c14-8-4-3-6-9(11(8)13(18)19)16-12(17)10-5-1-2-7-15-10/h3-4,6,10,15H,1-2,5,7H2,(H,16,17)(H,18,19)/t10-/m1/s1. The van der Waals surface area contributed by atoms with Gasteiger partial charge in [-0.05, 0) is 31.5 Å². The van der Waals surface area contributed by atoms with Crippen LogP contribution in [0.25, 0.3) is 0 Å². The highest BCUT2D eigenvalue weighted by atomic mass is 35.5. The molecule has 1 heterocycles. The third kappa shape index (κ3) is 3.24. The van der Waals surface area contributed by atoms with E-state index in [1.54, 1.807) is 6.07 Å². The van der Waals surface area contributed by atoms with Crippen molar-refractivity contribution in [2.75, 3.05) is 11.9 Å². The fraction of sp³-hybridized carbons (Fsp3) is 0.385. The number of carboxylic acids is 1. The molecule has 19 heavy (non-hydrogen) atoms. The summed E-state index contributed by atoms with van der Waals surface area (Å²) < 4.78 is 0. The molecule has 1 saturated heterocycles. The van der Waals surface area contributed by atoms with E-state index >= 15 is 0 Å². The minimum absolute atomic E-state index is 0.0756. The van der Waals surface area contributed by atoms with Crippen molar-refractivity contribution in [1.29, 1.82) is 0 Å². The van der Waals surface area contributed by atoms with Gasteiger partial charge in [-0.3, -0.25) is 4.79 Å². The first-order valence-corrected chi connectivity index (χ1v) is 6.53. The second kappa shape index (κ2) is 6.04. The molecule has 0 bridgehead atoms. The molecule has 1 aromatic rings. The molecule has 1 aliphatic rings. The fourth-order valence-electron chi connectivity index (χ4n) is 2.14. The van der Waals surface area contributed by atoms with Crippen LogP contribution in [0.2, 0.25) is 5.02 Å². The van der Waals surface area contributed by atoms with Crippen LogP contribution in [0.15, 0.2) is 18.2 Å². The van der Waals surface area contributed by atoms with E-state index in [9.17, 15) is 9.59 Å². The van der Waals surface area contributed by atoms with Crippen molar-refractivity contribution >= 4 is 29.2 Å². The summed E-state index contributed by atoms with van der Waals surface area (Å²) in [6.07, 6.45) is 2.81. The van der Waals surface area contributed by atoms with Crippen LogP contribution in [0.1, 0.15) is 29.6 Å². The number of anilines is 1. The lowest BCUT2D eigenvalue weighted by atomic mass is 10.0. The average Bonchev–Trinajstić information content (AvgIpc) is 2.39. The van der Waals surface area contributed by atoms with Crippen LogP contribution in [0.3, 0.4) is 0 Å². The van der Waals surface area contributed by atoms with Crippen LogP contribution >= 0.6 is 11.6 Å². The van der Waals surface area contributed by atoms with Crippen molar-refractivity contribution in [2.24, 2.45) is 0 Å². The smallest absolute Gasteiger partial charge is 0.339 e. The van der Waals surface area contributed by atoms with E-state index in [-0.39, 0.29) is 28.2 Å². The van der Waals surface area contributed by atoms with Crippen molar-refractivity contribution in [2.45, 2.75) is 25.3 Å². The number of nitrogens with one attached hydrogen (secondary N) is 2. The molecule has 0 unspecified atom stereocenters. The van der Waals surface area contributed by atoms with Gasteiger partial charge in [0, 0.05) is 0 Å². The third-order valence-corrected chi connectivity index (χ3v) is 3.43. The summed E-state index contributed by atoms with van der Waals surface area (Å²) in [5.41, 5.74) is 0.158. The van der Waals surface area contributed by atoms with Gasteiger partial charge in [-0.15, -0.1) is 0 Å². The molecule has 0 radical (unpaired) electrons. The van der Waals surface area contributed by atoms with Crippen LogP contribution in [0, 0.1) is 0 Å². The van der Waals surface area contributed by atoms with Gasteiger partial charge in [-0.2, -0.15) is 0 Å². The van der Waals surface area contributed by atoms with Gasteiger partial charge in [0.25, 0.3) is 0 Å². The Morgan fingerprint density at radius 2 is 2.16 bits per heavy atom. The molecule has 0 aliphatic carbocycles. The van der Waals surface area contributed by atoms with Crippen molar-refractivity contribution in [3.8, 4) is 0 Å². The number of rotatable bonds is 3. The molecule has 1 amide bonds. The van der Waals surface area contributed by atoms with Gasteiger partial charge in [0.05, 0.1) is 16.8 Å². The van der Waals surface area contributed by atoms with Crippen LogP contribution in [0.4, 0.5) is 5.69 Å². The lowest BCUT2D eigenvalue weighted by Crippen LogP contribution is -2.43. The number of amides is 1. The van der Waals surface area contributed by atoms with E-state index in [2.05, 4.69) is 10.6 Å². The van der Waals surface area contributed by atoms with E-state index < -0.39 is 5.97 Å². The van der Waals surface area contributed by atoms with E-state index in [4.69, 9.17) is 16.7 Å². The second-order valence-electron chi connectivity index (χ2n) is 4.46. The zero-order chi connectivity index (χ0) is 13.8. The first kappa shape index (κ1) is 13.8. The van der Waals surface area contributed by atoms with E-state index in [0.717, 1.165) is 25.8 Å². The number of hydrogen-bond donors (Lipinski definition) is 3. The number of hydrogen-bond acceptors (Lipinski definition) is 3.